The van der Waals surface area contributed by atoms with E-state index < -0.39 is 0 Å². The molecular formula is C21H26ClN5O2. The van der Waals surface area contributed by atoms with Crippen LogP contribution in [0.2, 0.25) is 5.02 Å². The number of halogens is 1. The predicted molar refractivity (Wildman–Crippen MR) is 114 cm³/mol. The number of anilines is 1. The van der Waals surface area contributed by atoms with Gasteiger partial charge < -0.3 is 15.1 Å². The van der Waals surface area contributed by atoms with Gasteiger partial charge in [-0.1, -0.05) is 23.7 Å². The minimum Gasteiger partial charge on any atom is -0.347 e. The van der Waals surface area contributed by atoms with Gasteiger partial charge >= 0.3 is 0 Å². The van der Waals surface area contributed by atoms with E-state index in [0.29, 0.717) is 24.1 Å². The lowest BCUT2D eigenvalue weighted by Crippen LogP contribution is -2.44. The highest BCUT2D eigenvalue weighted by Crippen LogP contribution is 2.34. The van der Waals surface area contributed by atoms with E-state index in [9.17, 15) is 9.59 Å². The molecule has 2 amide bonds. The van der Waals surface area contributed by atoms with Gasteiger partial charge in [0.15, 0.2) is 0 Å². The SMILES string of the molecule is CC(=O)NCC(=O)N1CCC[C@H](c2nc(N(C)C)ncc2-c2cccc(Cl)c2)C1. The molecule has 3 rings (SSSR count). The van der Waals surface area contributed by atoms with E-state index in [-0.39, 0.29) is 24.3 Å². The Kier molecular flexibility index (Phi) is 6.69. The number of piperidine rings is 1. The second kappa shape index (κ2) is 9.22. The Bertz CT molecular complexity index is 902. The molecule has 0 spiro atoms. The summed E-state index contributed by atoms with van der Waals surface area (Å²) in [5.41, 5.74) is 2.81. The van der Waals surface area contributed by atoms with Gasteiger partial charge in [-0.2, -0.15) is 0 Å². The number of benzene rings is 1. The molecule has 0 unspecified atom stereocenters. The fraction of sp³-hybridized carbons (Fsp3) is 0.429. The van der Waals surface area contributed by atoms with E-state index in [1.807, 2.05) is 54.4 Å². The van der Waals surface area contributed by atoms with Crippen LogP contribution >= 0.6 is 11.6 Å². The van der Waals surface area contributed by atoms with Crippen molar-refractivity contribution in [1.29, 1.82) is 0 Å². The van der Waals surface area contributed by atoms with E-state index in [1.54, 1.807) is 0 Å². The van der Waals surface area contributed by atoms with Gasteiger partial charge in [-0.15, -0.1) is 0 Å². The quantitative estimate of drug-likeness (QED) is 0.812. The minimum atomic E-state index is -0.207. The summed E-state index contributed by atoms with van der Waals surface area (Å²) < 4.78 is 0. The second-order valence-electron chi connectivity index (χ2n) is 7.46. The van der Waals surface area contributed by atoms with Crippen molar-refractivity contribution < 1.29 is 9.59 Å². The van der Waals surface area contributed by atoms with E-state index in [0.717, 1.165) is 29.7 Å². The lowest BCUT2D eigenvalue weighted by atomic mass is 9.90. The van der Waals surface area contributed by atoms with Crippen LogP contribution < -0.4 is 10.2 Å². The van der Waals surface area contributed by atoms with Crippen LogP contribution in [0.1, 0.15) is 31.4 Å². The number of likely N-dealkylation sites (tertiary alicyclic amines) is 1. The Balaban J connectivity index is 1.92. The monoisotopic (exact) mass is 415 g/mol. The summed E-state index contributed by atoms with van der Waals surface area (Å²) in [4.78, 5) is 36.6. The van der Waals surface area contributed by atoms with Crippen LogP contribution in [0.25, 0.3) is 11.1 Å². The first-order valence-electron chi connectivity index (χ1n) is 9.67. The molecule has 1 saturated heterocycles. The van der Waals surface area contributed by atoms with Crippen LogP contribution in [0.15, 0.2) is 30.5 Å². The highest BCUT2D eigenvalue weighted by molar-refractivity contribution is 6.30. The maximum atomic E-state index is 12.5. The maximum absolute atomic E-state index is 12.5. The molecule has 8 heteroatoms. The van der Waals surface area contributed by atoms with Gasteiger partial charge in [-0.05, 0) is 30.5 Å². The summed E-state index contributed by atoms with van der Waals surface area (Å²) in [5.74, 6) is 0.436. The first kappa shape index (κ1) is 21.0. The Morgan fingerprint density at radius 2 is 2.14 bits per heavy atom. The molecule has 0 aliphatic carbocycles. The van der Waals surface area contributed by atoms with Crippen molar-refractivity contribution in [2.75, 3.05) is 38.6 Å². The fourth-order valence-electron chi connectivity index (χ4n) is 3.53. The number of rotatable bonds is 5. The van der Waals surface area contributed by atoms with Crippen molar-refractivity contribution in [3.63, 3.8) is 0 Å². The molecule has 1 fully saturated rings. The molecule has 1 aromatic carbocycles. The van der Waals surface area contributed by atoms with Crippen molar-refractivity contribution in [2.45, 2.75) is 25.7 Å². The van der Waals surface area contributed by atoms with Crippen LogP contribution in [0, 0.1) is 0 Å². The summed E-state index contributed by atoms with van der Waals surface area (Å²) in [6.07, 6.45) is 3.65. The zero-order valence-corrected chi connectivity index (χ0v) is 17.7. The Hall–Kier alpha value is -2.67. The van der Waals surface area contributed by atoms with E-state index in [2.05, 4.69) is 10.3 Å². The number of amides is 2. The Morgan fingerprint density at radius 3 is 2.83 bits per heavy atom. The van der Waals surface area contributed by atoms with Crippen LogP contribution in [0.4, 0.5) is 5.95 Å². The molecule has 7 nitrogen and oxygen atoms in total. The number of nitrogens with zero attached hydrogens (tertiary/aromatic N) is 4. The van der Waals surface area contributed by atoms with E-state index in [4.69, 9.17) is 16.6 Å². The van der Waals surface area contributed by atoms with Gasteiger partial charge in [-0.25, -0.2) is 9.97 Å². The summed E-state index contributed by atoms with van der Waals surface area (Å²) >= 11 is 6.20. The van der Waals surface area contributed by atoms with Crippen molar-refractivity contribution in [3.05, 3.63) is 41.2 Å². The number of hydrogen-bond donors (Lipinski definition) is 1. The lowest BCUT2D eigenvalue weighted by molar-refractivity contribution is -0.133. The van der Waals surface area contributed by atoms with Crippen LogP contribution in [-0.4, -0.2) is 60.4 Å². The molecule has 29 heavy (non-hydrogen) atoms. The first-order chi connectivity index (χ1) is 13.8. The molecule has 1 atom stereocenters. The smallest absolute Gasteiger partial charge is 0.241 e. The van der Waals surface area contributed by atoms with E-state index >= 15 is 0 Å². The van der Waals surface area contributed by atoms with Crippen LogP contribution in [0.3, 0.4) is 0 Å². The van der Waals surface area contributed by atoms with Gasteiger partial charge in [-0.3, -0.25) is 9.59 Å². The highest BCUT2D eigenvalue weighted by atomic mass is 35.5. The molecule has 1 aromatic heterocycles. The normalized spacial score (nSPS) is 16.4. The van der Waals surface area contributed by atoms with E-state index in [1.165, 1.54) is 6.92 Å². The van der Waals surface area contributed by atoms with Crippen molar-refractivity contribution in [1.82, 2.24) is 20.2 Å². The summed E-state index contributed by atoms with van der Waals surface area (Å²) in [5, 5.41) is 3.24. The number of aromatic nitrogens is 2. The molecule has 0 radical (unpaired) electrons. The maximum Gasteiger partial charge on any atom is 0.241 e. The largest absolute Gasteiger partial charge is 0.347 e. The molecular weight excluding hydrogens is 390 g/mol. The van der Waals surface area contributed by atoms with Crippen molar-refractivity contribution in [2.24, 2.45) is 0 Å². The molecule has 2 aromatic rings. The third-order valence-corrected chi connectivity index (χ3v) is 5.23. The summed E-state index contributed by atoms with van der Waals surface area (Å²) in [6.45, 7) is 2.69. The minimum absolute atomic E-state index is 0.0237. The number of nitrogens with one attached hydrogen (secondary N) is 1. The average Bonchev–Trinajstić information content (AvgIpc) is 2.71. The number of carbonyl (C=O) groups is 2. The third kappa shape index (κ3) is 5.23. The molecule has 1 aliphatic rings. The summed E-state index contributed by atoms with van der Waals surface area (Å²) in [6, 6.07) is 7.64. The van der Waals surface area contributed by atoms with Gasteiger partial charge in [0.2, 0.25) is 17.8 Å². The Morgan fingerprint density at radius 1 is 1.34 bits per heavy atom. The predicted octanol–water partition coefficient (Wildman–Crippen LogP) is 2.71. The van der Waals surface area contributed by atoms with Gasteiger partial charge in [0.1, 0.15) is 0 Å². The zero-order valence-electron chi connectivity index (χ0n) is 17.0. The topological polar surface area (TPSA) is 78.4 Å². The molecule has 154 valence electrons. The summed E-state index contributed by atoms with van der Waals surface area (Å²) in [7, 11) is 3.81. The molecule has 0 saturated carbocycles. The van der Waals surface area contributed by atoms with Crippen LogP contribution in [-0.2, 0) is 9.59 Å². The molecule has 1 N–H and O–H groups in total. The van der Waals surface area contributed by atoms with Crippen LogP contribution in [0.5, 0.6) is 0 Å². The molecule has 1 aliphatic heterocycles. The van der Waals surface area contributed by atoms with Gasteiger partial charge in [0.05, 0.1) is 12.2 Å². The number of carbonyl (C=O) groups excluding carboxylic acids is 2. The van der Waals surface area contributed by atoms with Gasteiger partial charge in [0.25, 0.3) is 0 Å². The highest BCUT2D eigenvalue weighted by Gasteiger charge is 2.28. The zero-order chi connectivity index (χ0) is 21.0. The molecule has 2 heterocycles. The average molecular weight is 416 g/mol. The second-order valence-corrected chi connectivity index (χ2v) is 7.90. The number of hydrogen-bond acceptors (Lipinski definition) is 5. The lowest BCUT2D eigenvalue weighted by Gasteiger charge is -2.33. The fourth-order valence-corrected chi connectivity index (χ4v) is 3.72. The van der Waals surface area contributed by atoms with Gasteiger partial charge in [0, 0.05) is 56.8 Å². The molecule has 0 bridgehead atoms. The third-order valence-electron chi connectivity index (χ3n) is 4.99. The standard InChI is InChI=1S/C21H26ClN5O2/c1-14(28)23-12-19(29)27-9-5-7-16(13-27)20-18(11-24-21(25-20)26(2)3)15-6-4-8-17(22)10-15/h4,6,8,10-11,16H,5,7,9,12-13H2,1-3H3,(H,23,28)/t16-/m0/s1. The van der Waals surface area contributed by atoms with Crippen molar-refractivity contribution in [3.8, 4) is 11.1 Å². The van der Waals surface area contributed by atoms with Crippen molar-refractivity contribution >= 4 is 29.4 Å². The first-order valence-corrected chi connectivity index (χ1v) is 10.1. The Labute approximate surface area is 176 Å².